The molecule has 0 aliphatic carbocycles. The summed E-state index contributed by atoms with van der Waals surface area (Å²) in [7, 11) is 0. The Bertz CT molecular complexity index is 790. The molecule has 1 heterocycles. The highest BCUT2D eigenvalue weighted by Gasteiger charge is 2.14. The number of nitrogens with one attached hydrogen (secondary N) is 2. The van der Waals surface area contributed by atoms with Crippen molar-refractivity contribution in [3.63, 3.8) is 0 Å². The van der Waals surface area contributed by atoms with Crippen LogP contribution in [0.3, 0.4) is 0 Å². The van der Waals surface area contributed by atoms with Crippen LogP contribution in [0.2, 0.25) is 0 Å². The van der Waals surface area contributed by atoms with Gasteiger partial charge in [0.1, 0.15) is 5.69 Å². The molecule has 1 amide bonds. The lowest BCUT2D eigenvalue weighted by Crippen LogP contribution is -2.24. The first-order chi connectivity index (χ1) is 12.0. The van der Waals surface area contributed by atoms with Crippen LogP contribution in [0.15, 0.2) is 43.0 Å². The summed E-state index contributed by atoms with van der Waals surface area (Å²) >= 11 is 0. The lowest BCUT2D eigenvalue weighted by Gasteiger charge is -2.11. The van der Waals surface area contributed by atoms with E-state index >= 15 is 0 Å². The fourth-order valence-electron chi connectivity index (χ4n) is 2.10. The van der Waals surface area contributed by atoms with Gasteiger partial charge in [-0.3, -0.25) is 4.79 Å². The summed E-state index contributed by atoms with van der Waals surface area (Å²) in [5.74, 6) is -0.546. The topological polar surface area (TPSA) is 93.2 Å². The van der Waals surface area contributed by atoms with Crippen LogP contribution in [-0.4, -0.2) is 35.0 Å². The third-order valence-corrected chi connectivity index (χ3v) is 3.16. The third-order valence-electron chi connectivity index (χ3n) is 3.16. The lowest BCUT2D eigenvalue weighted by molar-refractivity contribution is 0.0527. The number of benzene rings is 1. The van der Waals surface area contributed by atoms with Gasteiger partial charge in [-0.1, -0.05) is 18.2 Å². The second-order valence-electron chi connectivity index (χ2n) is 5.11. The summed E-state index contributed by atoms with van der Waals surface area (Å²) in [6, 6.07) is 8.46. The summed E-state index contributed by atoms with van der Waals surface area (Å²) in [5.41, 5.74) is 1.72. The maximum Gasteiger partial charge on any atom is 0.340 e. The van der Waals surface area contributed by atoms with Crippen LogP contribution in [0, 0.1) is 6.92 Å². The minimum Gasteiger partial charge on any atom is -0.462 e. The number of anilines is 2. The monoisotopic (exact) mass is 340 g/mol. The van der Waals surface area contributed by atoms with Gasteiger partial charge >= 0.3 is 5.97 Å². The van der Waals surface area contributed by atoms with E-state index in [1.165, 1.54) is 0 Å². The van der Waals surface area contributed by atoms with E-state index in [9.17, 15) is 9.59 Å². The molecular formula is C18H20N4O3. The van der Waals surface area contributed by atoms with Crippen molar-refractivity contribution in [2.45, 2.75) is 13.8 Å². The van der Waals surface area contributed by atoms with Gasteiger partial charge in [0.2, 0.25) is 5.95 Å². The van der Waals surface area contributed by atoms with Crippen molar-refractivity contribution < 1.29 is 14.3 Å². The minimum absolute atomic E-state index is 0.223. The zero-order valence-corrected chi connectivity index (χ0v) is 14.2. The Hall–Kier alpha value is -3.22. The minimum atomic E-state index is -0.442. The Morgan fingerprint density at radius 3 is 2.76 bits per heavy atom. The zero-order valence-electron chi connectivity index (χ0n) is 14.2. The SMILES string of the molecule is C=CCNC(=O)c1cc(C)nc(Nc2ccccc2C(=O)OCC)n1. The van der Waals surface area contributed by atoms with Gasteiger partial charge < -0.3 is 15.4 Å². The number of hydrogen-bond acceptors (Lipinski definition) is 6. The summed E-state index contributed by atoms with van der Waals surface area (Å²) in [4.78, 5) is 32.6. The molecule has 0 aliphatic rings. The molecule has 0 spiro atoms. The number of aryl methyl sites for hydroxylation is 1. The Labute approximate surface area is 146 Å². The molecule has 0 saturated carbocycles. The summed E-state index contributed by atoms with van der Waals surface area (Å²) in [5, 5.41) is 5.64. The molecule has 7 nitrogen and oxygen atoms in total. The van der Waals surface area contributed by atoms with Gasteiger partial charge in [-0.05, 0) is 32.0 Å². The first-order valence-electron chi connectivity index (χ1n) is 7.83. The van der Waals surface area contributed by atoms with Gasteiger partial charge in [-0.2, -0.15) is 0 Å². The molecule has 2 N–H and O–H groups in total. The predicted molar refractivity (Wildman–Crippen MR) is 95.0 cm³/mol. The smallest absolute Gasteiger partial charge is 0.340 e. The molecule has 0 radical (unpaired) electrons. The first-order valence-corrected chi connectivity index (χ1v) is 7.83. The number of aromatic nitrogens is 2. The maximum absolute atomic E-state index is 12.1. The van der Waals surface area contributed by atoms with Crippen molar-refractivity contribution in [1.29, 1.82) is 0 Å². The van der Waals surface area contributed by atoms with Gasteiger partial charge in [-0.15, -0.1) is 6.58 Å². The number of ether oxygens (including phenoxy) is 1. The van der Waals surface area contributed by atoms with E-state index in [2.05, 4.69) is 27.2 Å². The Balaban J connectivity index is 2.29. The lowest BCUT2D eigenvalue weighted by atomic mass is 10.2. The van der Waals surface area contributed by atoms with Crippen molar-refractivity contribution in [1.82, 2.24) is 15.3 Å². The maximum atomic E-state index is 12.1. The Morgan fingerprint density at radius 2 is 2.04 bits per heavy atom. The van der Waals surface area contributed by atoms with Crippen LogP contribution in [-0.2, 0) is 4.74 Å². The second kappa shape index (κ2) is 8.58. The molecule has 2 aromatic rings. The van der Waals surface area contributed by atoms with Gasteiger partial charge in [0, 0.05) is 12.2 Å². The molecule has 0 atom stereocenters. The molecule has 0 fully saturated rings. The number of para-hydroxylation sites is 1. The van der Waals surface area contributed by atoms with E-state index in [1.807, 2.05) is 0 Å². The molecule has 0 saturated heterocycles. The van der Waals surface area contributed by atoms with Crippen molar-refractivity contribution >= 4 is 23.5 Å². The van der Waals surface area contributed by atoms with Crippen molar-refractivity contribution in [3.8, 4) is 0 Å². The molecule has 130 valence electrons. The Kier molecular flexibility index (Phi) is 6.22. The predicted octanol–water partition coefficient (Wildman–Crippen LogP) is 2.62. The molecule has 25 heavy (non-hydrogen) atoms. The molecule has 2 rings (SSSR count). The highest BCUT2D eigenvalue weighted by molar-refractivity contribution is 5.96. The van der Waals surface area contributed by atoms with Crippen LogP contribution in [0.5, 0.6) is 0 Å². The van der Waals surface area contributed by atoms with E-state index in [0.717, 1.165) is 0 Å². The average molecular weight is 340 g/mol. The fourth-order valence-corrected chi connectivity index (χ4v) is 2.10. The third kappa shape index (κ3) is 4.87. The summed E-state index contributed by atoms with van der Waals surface area (Å²) in [6.07, 6.45) is 1.58. The molecular weight excluding hydrogens is 320 g/mol. The van der Waals surface area contributed by atoms with Crippen LogP contribution >= 0.6 is 0 Å². The summed E-state index contributed by atoms with van der Waals surface area (Å²) < 4.78 is 5.04. The molecule has 1 aromatic heterocycles. The second-order valence-corrected chi connectivity index (χ2v) is 5.11. The Morgan fingerprint density at radius 1 is 1.28 bits per heavy atom. The van der Waals surface area contributed by atoms with Gasteiger partial charge in [-0.25, -0.2) is 14.8 Å². The van der Waals surface area contributed by atoms with Crippen molar-refractivity contribution in [2.24, 2.45) is 0 Å². The number of carbonyl (C=O) groups excluding carboxylic acids is 2. The van der Waals surface area contributed by atoms with Gasteiger partial charge in [0.05, 0.1) is 17.9 Å². The molecule has 0 unspecified atom stereocenters. The number of amides is 1. The average Bonchev–Trinajstić information content (AvgIpc) is 2.59. The van der Waals surface area contributed by atoms with Crippen molar-refractivity contribution in [3.05, 3.63) is 59.9 Å². The van der Waals surface area contributed by atoms with Crippen LogP contribution in [0.25, 0.3) is 0 Å². The van der Waals surface area contributed by atoms with E-state index in [4.69, 9.17) is 4.74 Å². The fraction of sp³-hybridized carbons (Fsp3) is 0.222. The number of carbonyl (C=O) groups is 2. The number of hydrogen-bond donors (Lipinski definition) is 2. The van der Waals surface area contributed by atoms with Gasteiger partial charge in [0.25, 0.3) is 5.91 Å². The zero-order chi connectivity index (χ0) is 18.2. The van der Waals surface area contributed by atoms with E-state index in [-0.39, 0.29) is 24.2 Å². The largest absolute Gasteiger partial charge is 0.462 e. The van der Waals surface area contributed by atoms with E-state index in [0.29, 0.717) is 23.5 Å². The number of esters is 1. The van der Waals surface area contributed by atoms with Crippen molar-refractivity contribution in [2.75, 3.05) is 18.5 Å². The normalized spacial score (nSPS) is 10.0. The quantitative estimate of drug-likeness (QED) is 0.594. The van der Waals surface area contributed by atoms with Crippen LogP contribution < -0.4 is 10.6 Å². The molecule has 7 heteroatoms. The highest BCUT2D eigenvalue weighted by Crippen LogP contribution is 2.20. The molecule has 0 aliphatic heterocycles. The van der Waals surface area contributed by atoms with Gasteiger partial charge in [0.15, 0.2) is 0 Å². The summed E-state index contributed by atoms with van der Waals surface area (Å²) in [6.45, 7) is 7.68. The number of rotatable bonds is 7. The van der Waals surface area contributed by atoms with Crippen LogP contribution in [0.4, 0.5) is 11.6 Å². The molecule has 0 bridgehead atoms. The molecule has 1 aromatic carbocycles. The van der Waals surface area contributed by atoms with E-state index < -0.39 is 5.97 Å². The van der Waals surface area contributed by atoms with E-state index in [1.54, 1.807) is 50.3 Å². The number of nitrogens with zero attached hydrogens (tertiary/aromatic N) is 2. The first kappa shape index (κ1) is 18.1. The van der Waals surface area contributed by atoms with Crippen LogP contribution in [0.1, 0.15) is 33.5 Å². The standard InChI is InChI=1S/C18H20N4O3/c1-4-10-19-16(23)15-11-12(3)20-18(22-15)21-14-9-7-6-8-13(14)17(24)25-5-2/h4,6-9,11H,1,5,10H2,2-3H3,(H,19,23)(H,20,21,22). The highest BCUT2D eigenvalue weighted by atomic mass is 16.5.